The number of nitrogen functional groups attached to an aromatic ring is 1. The van der Waals surface area contributed by atoms with E-state index >= 15 is 0 Å². The van der Waals surface area contributed by atoms with Gasteiger partial charge in [0.15, 0.2) is 5.69 Å². The van der Waals surface area contributed by atoms with Gasteiger partial charge < -0.3 is 10.5 Å². The fourth-order valence-corrected chi connectivity index (χ4v) is 1.39. The molecule has 5 nitrogen and oxygen atoms in total. The van der Waals surface area contributed by atoms with Crippen molar-refractivity contribution >= 4 is 17.2 Å². The molecular formula is C13H8N2O3Y-2. The average Bonchev–Trinajstić information content (AvgIpc) is 2.39. The van der Waals surface area contributed by atoms with Gasteiger partial charge in [0.2, 0.25) is 0 Å². The molecule has 0 unspecified atom stereocenters. The van der Waals surface area contributed by atoms with Crippen molar-refractivity contribution in [3.05, 3.63) is 69.8 Å². The SMILES string of the molecule is Nc1c[c-]c(C(=O)c2[c-]cc([N+](=O)[O-])cc2)cc1.[Y]. The summed E-state index contributed by atoms with van der Waals surface area (Å²) in [6, 6.07) is 13.8. The fraction of sp³-hybridized carbons (Fsp3) is 0. The maximum atomic E-state index is 12.0. The fourth-order valence-electron chi connectivity index (χ4n) is 1.39. The number of nitrogens with two attached hydrogens (primary N) is 1. The number of hydrogen-bond donors (Lipinski definition) is 1. The molecule has 2 aromatic rings. The third-order valence-corrected chi connectivity index (χ3v) is 2.33. The van der Waals surface area contributed by atoms with Crippen molar-refractivity contribution in [1.82, 2.24) is 0 Å². The largest absolute Gasteiger partial charge is 0.436 e. The second-order valence-electron chi connectivity index (χ2n) is 3.58. The molecule has 0 amide bonds. The number of rotatable bonds is 3. The predicted molar refractivity (Wildman–Crippen MR) is 65.1 cm³/mol. The minimum absolute atomic E-state index is 0. The third kappa shape index (κ3) is 3.69. The summed E-state index contributed by atoms with van der Waals surface area (Å²) in [5.74, 6) is -0.301. The molecule has 2 aromatic carbocycles. The summed E-state index contributed by atoms with van der Waals surface area (Å²) in [5, 5.41) is 10.5. The van der Waals surface area contributed by atoms with Gasteiger partial charge in [-0.1, -0.05) is 17.8 Å². The van der Waals surface area contributed by atoms with Crippen molar-refractivity contribution in [2.45, 2.75) is 0 Å². The van der Waals surface area contributed by atoms with Crippen LogP contribution in [-0.2, 0) is 32.7 Å². The molecule has 0 aliphatic carbocycles. The van der Waals surface area contributed by atoms with Crippen LogP contribution < -0.4 is 5.73 Å². The average molecular weight is 329 g/mol. The third-order valence-electron chi connectivity index (χ3n) is 2.33. The molecule has 93 valence electrons. The zero-order valence-corrected chi connectivity index (χ0v) is 12.6. The summed E-state index contributed by atoms with van der Waals surface area (Å²) in [4.78, 5) is 21.9. The van der Waals surface area contributed by atoms with E-state index in [1.807, 2.05) is 0 Å². The van der Waals surface area contributed by atoms with E-state index in [1.54, 1.807) is 12.1 Å². The zero-order valence-electron chi connectivity index (χ0n) is 9.79. The molecule has 1 radical (unpaired) electrons. The number of nitro groups is 1. The van der Waals surface area contributed by atoms with Crippen LogP contribution in [0.2, 0.25) is 0 Å². The minimum Gasteiger partial charge on any atom is -0.436 e. The van der Waals surface area contributed by atoms with E-state index in [1.165, 1.54) is 24.3 Å². The van der Waals surface area contributed by atoms with Gasteiger partial charge in [-0.3, -0.25) is 10.1 Å². The smallest absolute Gasteiger partial charge is 0.190 e. The van der Waals surface area contributed by atoms with Crippen LogP contribution in [0.25, 0.3) is 0 Å². The Morgan fingerprint density at radius 2 is 1.68 bits per heavy atom. The van der Waals surface area contributed by atoms with Crippen LogP contribution in [0.3, 0.4) is 0 Å². The maximum absolute atomic E-state index is 12.0. The van der Waals surface area contributed by atoms with E-state index in [4.69, 9.17) is 5.73 Å². The van der Waals surface area contributed by atoms with Gasteiger partial charge in [-0.05, 0) is 0 Å². The van der Waals surface area contributed by atoms with Crippen molar-refractivity contribution in [3.8, 4) is 0 Å². The molecule has 6 heteroatoms. The van der Waals surface area contributed by atoms with Crippen molar-refractivity contribution in [2.75, 3.05) is 5.73 Å². The Balaban J connectivity index is 0.00000180. The summed E-state index contributed by atoms with van der Waals surface area (Å²) < 4.78 is 0. The standard InChI is InChI=1S/C13H8N2O3.Y/c14-11-5-1-9(2-6-11)13(16)10-3-7-12(8-4-10)15(17)18;/h1,3,5-8H,14H2;/q-2;. The molecule has 0 fully saturated rings. The van der Waals surface area contributed by atoms with Crippen LogP contribution in [-0.4, -0.2) is 10.7 Å². The molecule has 19 heavy (non-hydrogen) atoms. The molecule has 0 atom stereocenters. The van der Waals surface area contributed by atoms with E-state index in [2.05, 4.69) is 12.1 Å². The van der Waals surface area contributed by atoms with Gasteiger partial charge in [-0.25, -0.2) is 0 Å². The van der Waals surface area contributed by atoms with Crippen LogP contribution >= 0.6 is 0 Å². The van der Waals surface area contributed by atoms with Crippen LogP contribution in [0.1, 0.15) is 15.9 Å². The van der Waals surface area contributed by atoms with Crippen LogP contribution in [0.15, 0.2) is 36.4 Å². The zero-order chi connectivity index (χ0) is 13.1. The van der Waals surface area contributed by atoms with Crippen molar-refractivity contribution in [2.24, 2.45) is 0 Å². The normalized spacial score (nSPS) is 9.47. The molecule has 2 N–H and O–H groups in total. The van der Waals surface area contributed by atoms with Gasteiger partial charge in [-0.15, -0.1) is 47.5 Å². The summed E-state index contributed by atoms with van der Waals surface area (Å²) in [7, 11) is 0. The molecule has 0 aromatic heterocycles. The first-order chi connectivity index (χ1) is 8.58. The summed E-state index contributed by atoms with van der Waals surface area (Å²) in [6.45, 7) is 0. The van der Waals surface area contributed by atoms with Gasteiger partial charge in [0.1, 0.15) is 0 Å². The Bertz CT molecular complexity index is 594. The van der Waals surface area contributed by atoms with E-state index in [0.717, 1.165) is 0 Å². The van der Waals surface area contributed by atoms with Crippen LogP contribution in [0, 0.1) is 22.2 Å². The first-order valence-electron chi connectivity index (χ1n) is 5.06. The molecule has 0 heterocycles. The van der Waals surface area contributed by atoms with Gasteiger partial charge in [0.25, 0.3) is 0 Å². The van der Waals surface area contributed by atoms with Gasteiger partial charge in [0.05, 0.1) is 5.78 Å². The Hall–Kier alpha value is -1.59. The van der Waals surface area contributed by atoms with Gasteiger partial charge >= 0.3 is 0 Å². The van der Waals surface area contributed by atoms with Crippen molar-refractivity contribution in [3.63, 3.8) is 0 Å². The molecule has 2 rings (SSSR count). The molecular weight excluding hydrogens is 321 g/mol. The molecule has 0 saturated carbocycles. The molecule has 0 spiro atoms. The predicted octanol–water partition coefficient (Wildman–Crippen LogP) is 2.01. The Morgan fingerprint density at radius 3 is 2.11 bits per heavy atom. The van der Waals surface area contributed by atoms with E-state index in [9.17, 15) is 14.9 Å². The molecule has 0 aliphatic heterocycles. The summed E-state index contributed by atoms with van der Waals surface area (Å²) >= 11 is 0. The van der Waals surface area contributed by atoms with Gasteiger partial charge in [0, 0.05) is 37.6 Å². The quantitative estimate of drug-likeness (QED) is 0.307. The molecule has 0 aliphatic rings. The van der Waals surface area contributed by atoms with Crippen molar-refractivity contribution < 1.29 is 42.4 Å². The second-order valence-corrected chi connectivity index (χ2v) is 3.58. The number of nitro benzene ring substituents is 1. The molecule has 0 saturated heterocycles. The topological polar surface area (TPSA) is 86.2 Å². The van der Waals surface area contributed by atoms with E-state index in [-0.39, 0.29) is 49.7 Å². The number of anilines is 1. The van der Waals surface area contributed by atoms with Crippen molar-refractivity contribution in [1.29, 1.82) is 0 Å². The molecule has 0 bridgehead atoms. The Labute approximate surface area is 134 Å². The number of ketones is 1. The number of carbonyl (C=O) groups is 1. The van der Waals surface area contributed by atoms with Crippen LogP contribution in [0.5, 0.6) is 0 Å². The Kier molecular flexibility index (Phi) is 5.33. The monoisotopic (exact) mass is 329 g/mol. The summed E-state index contributed by atoms with van der Waals surface area (Å²) in [5.41, 5.74) is 6.50. The number of non-ortho nitro benzene ring substituents is 1. The van der Waals surface area contributed by atoms with E-state index in [0.29, 0.717) is 11.3 Å². The Morgan fingerprint density at radius 1 is 1.11 bits per heavy atom. The number of hydrogen-bond acceptors (Lipinski definition) is 4. The summed E-state index contributed by atoms with van der Waals surface area (Å²) in [6.07, 6.45) is 0. The first kappa shape index (κ1) is 15.5. The van der Waals surface area contributed by atoms with Crippen LogP contribution in [0.4, 0.5) is 11.4 Å². The number of nitrogens with zero attached hydrogens (tertiary/aromatic N) is 1. The number of carbonyl (C=O) groups excluding carboxylic acids is 1. The van der Waals surface area contributed by atoms with E-state index < -0.39 is 4.92 Å². The maximum Gasteiger partial charge on any atom is 0.190 e. The first-order valence-corrected chi connectivity index (χ1v) is 5.06. The second kappa shape index (κ2) is 6.54. The number of benzene rings is 2. The minimum atomic E-state index is -0.542. The van der Waals surface area contributed by atoms with Gasteiger partial charge in [-0.2, -0.15) is 0 Å².